The lowest BCUT2D eigenvalue weighted by atomic mass is 10.2. The van der Waals surface area contributed by atoms with Gasteiger partial charge in [0.1, 0.15) is 5.25 Å². The van der Waals surface area contributed by atoms with E-state index in [1.807, 2.05) is 0 Å². The number of carbonyl (C=O) groups excluding carboxylic acids is 1. The summed E-state index contributed by atoms with van der Waals surface area (Å²) in [6.07, 6.45) is 0.324. The van der Waals surface area contributed by atoms with Gasteiger partial charge in [-0.05, 0) is 25.0 Å². The van der Waals surface area contributed by atoms with E-state index in [9.17, 15) is 13.2 Å². The van der Waals surface area contributed by atoms with Crippen LogP contribution in [0, 0.1) is 6.92 Å². The van der Waals surface area contributed by atoms with Crippen molar-refractivity contribution in [1.29, 1.82) is 0 Å². The summed E-state index contributed by atoms with van der Waals surface area (Å²) in [7, 11) is -2.08. The Labute approximate surface area is 107 Å². The number of anilines is 1. The monoisotopic (exact) mass is 268 g/mol. The van der Waals surface area contributed by atoms with E-state index >= 15 is 0 Å². The van der Waals surface area contributed by atoms with Crippen molar-refractivity contribution in [3.8, 4) is 0 Å². The molecule has 2 rings (SSSR count). The maximum absolute atomic E-state index is 12.4. The minimum atomic E-state index is -3.69. The number of nitrogen functional groups attached to an aromatic ring is 1. The van der Waals surface area contributed by atoms with Crippen LogP contribution in [0.25, 0.3) is 0 Å². The highest BCUT2D eigenvalue weighted by Gasteiger charge is 2.41. The number of nitrogens with zero attached hydrogens (tertiary/aromatic N) is 1. The third kappa shape index (κ3) is 1.86. The zero-order valence-electron chi connectivity index (χ0n) is 10.4. The lowest BCUT2D eigenvalue weighted by molar-refractivity contribution is -0.126. The van der Waals surface area contributed by atoms with Gasteiger partial charge in [-0.15, -0.1) is 0 Å². The molecule has 1 heterocycles. The molecule has 0 saturated carbocycles. The molecule has 1 aromatic rings. The molecule has 2 N–H and O–H groups in total. The quantitative estimate of drug-likeness (QED) is 0.796. The molecule has 1 unspecified atom stereocenters. The summed E-state index contributed by atoms with van der Waals surface area (Å²) in [6.45, 7) is 2.21. The molecular weight excluding hydrogens is 252 g/mol. The number of rotatable bonds is 2. The van der Waals surface area contributed by atoms with E-state index in [2.05, 4.69) is 0 Å². The molecule has 1 aliphatic rings. The zero-order valence-corrected chi connectivity index (χ0v) is 11.2. The van der Waals surface area contributed by atoms with Crippen LogP contribution >= 0.6 is 0 Å². The number of likely N-dealkylation sites (tertiary alicyclic amines) is 1. The number of sulfone groups is 1. The Balaban J connectivity index is 2.50. The summed E-state index contributed by atoms with van der Waals surface area (Å²) in [5.74, 6) is -0.351. The fourth-order valence-electron chi connectivity index (χ4n) is 2.13. The summed E-state index contributed by atoms with van der Waals surface area (Å²) < 4.78 is 24.9. The Bertz CT molecular complexity index is 595. The van der Waals surface area contributed by atoms with Crippen molar-refractivity contribution >= 4 is 21.4 Å². The standard InChI is InChI=1S/C12H16N2O3S/c1-8-4-3-5-9(11(8)13)18(16,17)10-6-7-14(2)12(10)15/h3-5,10H,6-7,13H2,1-2H3. The third-order valence-corrected chi connectivity index (χ3v) is 5.50. The maximum Gasteiger partial charge on any atom is 0.241 e. The van der Waals surface area contributed by atoms with E-state index in [1.165, 1.54) is 11.0 Å². The highest BCUT2D eigenvalue weighted by atomic mass is 32.2. The number of para-hydroxylation sites is 1. The molecule has 1 amide bonds. The molecule has 1 fully saturated rings. The highest BCUT2D eigenvalue weighted by molar-refractivity contribution is 7.93. The van der Waals surface area contributed by atoms with Gasteiger partial charge in [0.25, 0.3) is 0 Å². The van der Waals surface area contributed by atoms with E-state index in [0.717, 1.165) is 0 Å². The van der Waals surface area contributed by atoms with Crippen LogP contribution in [0.1, 0.15) is 12.0 Å². The molecule has 0 radical (unpaired) electrons. The van der Waals surface area contributed by atoms with Crippen molar-refractivity contribution in [2.24, 2.45) is 0 Å². The number of carbonyl (C=O) groups is 1. The molecule has 1 aliphatic heterocycles. The van der Waals surface area contributed by atoms with Crippen molar-refractivity contribution < 1.29 is 13.2 Å². The summed E-state index contributed by atoms with van der Waals surface area (Å²) in [5, 5.41) is -0.994. The largest absolute Gasteiger partial charge is 0.397 e. The second-order valence-electron chi connectivity index (χ2n) is 4.57. The molecule has 5 nitrogen and oxygen atoms in total. The summed E-state index contributed by atoms with van der Waals surface area (Å²) in [6, 6.07) is 4.85. The Kier molecular flexibility index (Phi) is 3.06. The molecule has 0 bridgehead atoms. The SMILES string of the molecule is Cc1cccc(S(=O)(=O)C2CCN(C)C2=O)c1N. The molecule has 98 valence electrons. The van der Waals surface area contributed by atoms with Crippen LogP contribution in [0.15, 0.2) is 23.1 Å². The lowest BCUT2D eigenvalue weighted by Gasteiger charge is -2.14. The van der Waals surface area contributed by atoms with Gasteiger partial charge in [-0.1, -0.05) is 12.1 Å². The minimum Gasteiger partial charge on any atom is -0.397 e. The number of hydrogen-bond donors (Lipinski definition) is 1. The average molecular weight is 268 g/mol. The minimum absolute atomic E-state index is 0.0659. The topological polar surface area (TPSA) is 80.5 Å². The Morgan fingerprint density at radius 1 is 1.39 bits per heavy atom. The Morgan fingerprint density at radius 2 is 2.06 bits per heavy atom. The molecule has 0 spiro atoms. The zero-order chi connectivity index (χ0) is 13.5. The molecule has 6 heteroatoms. The number of amides is 1. The van der Waals surface area contributed by atoms with Crippen molar-refractivity contribution in [1.82, 2.24) is 4.90 Å². The van der Waals surface area contributed by atoms with Crippen molar-refractivity contribution in [2.45, 2.75) is 23.5 Å². The average Bonchev–Trinajstić information content (AvgIpc) is 2.64. The third-order valence-electron chi connectivity index (χ3n) is 3.34. The molecule has 0 aliphatic carbocycles. The van der Waals surface area contributed by atoms with Gasteiger partial charge in [0.2, 0.25) is 5.91 Å². The molecular formula is C12H16N2O3S. The van der Waals surface area contributed by atoms with Crippen LogP contribution in [0.2, 0.25) is 0 Å². The van der Waals surface area contributed by atoms with Crippen molar-refractivity contribution in [3.05, 3.63) is 23.8 Å². The van der Waals surface area contributed by atoms with Crippen molar-refractivity contribution in [2.75, 3.05) is 19.3 Å². The molecule has 1 saturated heterocycles. The fourth-order valence-corrected chi connectivity index (χ4v) is 4.04. The van der Waals surface area contributed by atoms with E-state index in [0.29, 0.717) is 18.5 Å². The van der Waals surface area contributed by atoms with Gasteiger partial charge in [-0.3, -0.25) is 4.79 Å². The van der Waals surface area contributed by atoms with Gasteiger partial charge in [-0.25, -0.2) is 8.42 Å². The second kappa shape index (κ2) is 4.28. The van der Waals surface area contributed by atoms with E-state index in [-0.39, 0.29) is 16.5 Å². The first kappa shape index (κ1) is 12.9. The van der Waals surface area contributed by atoms with Gasteiger partial charge >= 0.3 is 0 Å². The van der Waals surface area contributed by atoms with Crippen LogP contribution < -0.4 is 5.73 Å². The molecule has 0 aromatic heterocycles. The van der Waals surface area contributed by atoms with Gasteiger partial charge < -0.3 is 10.6 Å². The lowest BCUT2D eigenvalue weighted by Crippen LogP contribution is -2.32. The van der Waals surface area contributed by atoms with Gasteiger partial charge in [0.05, 0.1) is 10.6 Å². The van der Waals surface area contributed by atoms with Crippen LogP contribution in [-0.2, 0) is 14.6 Å². The Morgan fingerprint density at radius 3 is 2.61 bits per heavy atom. The van der Waals surface area contributed by atoms with Crippen LogP contribution in [0.4, 0.5) is 5.69 Å². The fraction of sp³-hybridized carbons (Fsp3) is 0.417. The predicted octanol–water partition coefficient (Wildman–Crippen LogP) is 0.582. The first-order chi connectivity index (χ1) is 8.35. The van der Waals surface area contributed by atoms with E-state index < -0.39 is 15.1 Å². The number of hydrogen-bond acceptors (Lipinski definition) is 4. The number of nitrogens with two attached hydrogens (primary N) is 1. The van der Waals surface area contributed by atoms with E-state index in [1.54, 1.807) is 26.1 Å². The highest BCUT2D eigenvalue weighted by Crippen LogP contribution is 2.29. The van der Waals surface area contributed by atoms with Crippen LogP contribution in [0.5, 0.6) is 0 Å². The maximum atomic E-state index is 12.4. The summed E-state index contributed by atoms with van der Waals surface area (Å²) >= 11 is 0. The number of benzene rings is 1. The molecule has 1 aromatic carbocycles. The van der Waals surface area contributed by atoms with Gasteiger partial charge in [0, 0.05) is 13.6 Å². The summed E-state index contributed by atoms with van der Waals surface area (Å²) in [5.41, 5.74) is 6.75. The smallest absolute Gasteiger partial charge is 0.241 e. The van der Waals surface area contributed by atoms with Crippen LogP contribution in [0.3, 0.4) is 0 Å². The summed E-state index contributed by atoms with van der Waals surface area (Å²) in [4.78, 5) is 13.3. The number of aryl methyl sites for hydroxylation is 1. The van der Waals surface area contributed by atoms with Crippen LogP contribution in [-0.4, -0.2) is 38.1 Å². The normalized spacial score (nSPS) is 20.4. The predicted molar refractivity (Wildman–Crippen MR) is 68.8 cm³/mol. The first-order valence-corrected chi connectivity index (χ1v) is 7.24. The first-order valence-electron chi connectivity index (χ1n) is 5.69. The van der Waals surface area contributed by atoms with E-state index in [4.69, 9.17) is 5.73 Å². The Hall–Kier alpha value is -1.56. The molecule has 18 heavy (non-hydrogen) atoms. The molecule has 1 atom stereocenters. The van der Waals surface area contributed by atoms with Gasteiger partial charge in [0.15, 0.2) is 9.84 Å². The van der Waals surface area contributed by atoms with Crippen molar-refractivity contribution in [3.63, 3.8) is 0 Å². The second-order valence-corrected chi connectivity index (χ2v) is 6.67. The van der Waals surface area contributed by atoms with Gasteiger partial charge in [-0.2, -0.15) is 0 Å².